The Kier molecular flexibility index (Phi) is 4.82. The van der Waals surface area contributed by atoms with Crippen LogP contribution in [0.5, 0.6) is 0 Å². The van der Waals surface area contributed by atoms with Gasteiger partial charge in [0.2, 0.25) is 0 Å². The van der Waals surface area contributed by atoms with E-state index in [1.54, 1.807) is 6.92 Å². The van der Waals surface area contributed by atoms with Crippen LogP contribution in [0.2, 0.25) is 0 Å². The van der Waals surface area contributed by atoms with Crippen LogP contribution in [0.15, 0.2) is 0 Å². The molecule has 1 atom stereocenters. The molecule has 0 aromatic heterocycles. The lowest BCUT2D eigenvalue weighted by Crippen LogP contribution is -2.22. The Bertz CT molecular complexity index is 106. The summed E-state index contributed by atoms with van der Waals surface area (Å²) in [7, 11) is 0. The summed E-state index contributed by atoms with van der Waals surface area (Å²) >= 11 is 0. The molecule has 0 aliphatic heterocycles. The topological polar surface area (TPSA) is 81.8 Å². The van der Waals surface area contributed by atoms with Crippen LogP contribution in [0.4, 0.5) is 0 Å². The number of hydrogen-bond donors (Lipinski definition) is 2. The van der Waals surface area contributed by atoms with Gasteiger partial charge in [-0.05, 0) is 6.92 Å². The first-order chi connectivity index (χ1) is 4.70. The molecule has 60 valence electrons. The van der Waals surface area contributed by atoms with Gasteiger partial charge >= 0.3 is 5.97 Å². The quantitative estimate of drug-likeness (QED) is 0.316. The summed E-state index contributed by atoms with van der Waals surface area (Å²) < 4.78 is 4.49. The molecule has 0 saturated carbocycles. The number of nitrogens with two attached hydrogens (primary N) is 1. The van der Waals surface area contributed by atoms with Crippen molar-refractivity contribution in [3.05, 3.63) is 0 Å². The summed E-state index contributed by atoms with van der Waals surface area (Å²) in [5.41, 5.74) is 4.92. The molecule has 0 rings (SSSR count). The highest BCUT2D eigenvalue weighted by atomic mass is 17.1. The Morgan fingerprint density at radius 2 is 2.40 bits per heavy atom. The molecule has 0 heterocycles. The lowest BCUT2D eigenvalue weighted by atomic mass is 10.4. The van der Waals surface area contributed by atoms with Gasteiger partial charge in [-0.2, -0.15) is 0 Å². The van der Waals surface area contributed by atoms with E-state index in [4.69, 9.17) is 11.0 Å². The summed E-state index contributed by atoms with van der Waals surface area (Å²) in [6, 6.07) is 0. The van der Waals surface area contributed by atoms with E-state index in [-0.39, 0.29) is 13.2 Å². The van der Waals surface area contributed by atoms with E-state index in [2.05, 4.69) is 9.62 Å². The maximum Gasteiger partial charge on any atom is 0.319 e. The average Bonchev–Trinajstić information content (AvgIpc) is 1.99. The lowest BCUT2D eigenvalue weighted by molar-refractivity contribution is -0.280. The fourth-order valence-corrected chi connectivity index (χ4v) is 0.300. The summed E-state index contributed by atoms with van der Waals surface area (Å²) in [5.74, 6) is -0.510. The Balaban J connectivity index is 3.26. The van der Waals surface area contributed by atoms with Crippen molar-refractivity contribution in [2.24, 2.45) is 5.73 Å². The van der Waals surface area contributed by atoms with Crippen LogP contribution in [0.1, 0.15) is 6.92 Å². The SMILES string of the molecule is CC(COC(=O)CN)OO. The van der Waals surface area contributed by atoms with Crippen molar-refractivity contribution in [2.75, 3.05) is 13.2 Å². The predicted molar refractivity (Wildman–Crippen MR) is 33.2 cm³/mol. The zero-order valence-corrected chi connectivity index (χ0v) is 5.74. The van der Waals surface area contributed by atoms with Gasteiger partial charge in [0.25, 0.3) is 0 Å². The molecule has 0 aromatic carbocycles. The van der Waals surface area contributed by atoms with Crippen LogP contribution in [0, 0.1) is 0 Å². The first-order valence-electron chi connectivity index (χ1n) is 2.86. The molecule has 0 saturated heterocycles. The number of carbonyl (C=O) groups is 1. The third-order valence-corrected chi connectivity index (χ3v) is 0.826. The van der Waals surface area contributed by atoms with Gasteiger partial charge in [0, 0.05) is 0 Å². The molecule has 3 N–H and O–H groups in total. The molecule has 0 fully saturated rings. The summed E-state index contributed by atoms with van der Waals surface area (Å²) in [6.45, 7) is 1.43. The van der Waals surface area contributed by atoms with Crippen molar-refractivity contribution in [1.82, 2.24) is 0 Å². The maximum atomic E-state index is 10.3. The van der Waals surface area contributed by atoms with Crippen LogP contribution >= 0.6 is 0 Å². The highest BCUT2D eigenvalue weighted by Gasteiger charge is 2.04. The zero-order valence-electron chi connectivity index (χ0n) is 5.74. The minimum atomic E-state index is -0.510. The van der Waals surface area contributed by atoms with E-state index >= 15 is 0 Å². The predicted octanol–water partition coefficient (Wildman–Crippen LogP) is -0.634. The molecule has 5 nitrogen and oxygen atoms in total. The van der Waals surface area contributed by atoms with Crippen LogP contribution in [-0.4, -0.2) is 30.5 Å². The van der Waals surface area contributed by atoms with E-state index in [0.717, 1.165) is 0 Å². The second kappa shape index (κ2) is 5.16. The Hall–Kier alpha value is -0.650. The standard InChI is InChI=1S/C5H11NO4/c1-4(10-8)3-9-5(7)2-6/h4,8H,2-3,6H2,1H3. The highest BCUT2D eigenvalue weighted by Crippen LogP contribution is 1.87. The number of rotatable bonds is 4. The number of hydrogen-bond acceptors (Lipinski definition) is 5. The lowest BCUT2D eigenvalue weighted by Gasteiger charge is -2.06. The van der Waals surface area contributed by atoms with Gasteiger partial charge in [-0.15, -0.1) is 0 Å². The minimum absolute atomic E-state index is 0.0204. The number of esters is 1. The second-order valence-corrected chi connectivity index (χ2v) is 1.80. The van der Waals surface area contributed by atoms with Crippen molar-refractivity contribution >= 4 is 5.97 Å². The molecule has 0 spiro atoms. The molecule has 5 heteroatoms. The molecule has 10 heavy (non-hydrogen) atoms. The average molecular weight is 149 g/mol. The molecule has 0 amide bonds. The Morgan fingerprint density at radius 1 is 1.80 bits per heavy atom. The largest absolute Gasteiger partial charge is 0.462 e. The van der Waals surface area contributed by atoms with Crippen molar-refractivity contribution in [2.45, 2.75) is 13.0 Å². The fourth-order valence-electron chi connectivity index (χ4n) is 0.300. The molecule has 1 unspecified atom stereocenters. The van der Waals surface area contributed by atoms with Crippen molar-refractivity contribution < 1.29 is 19.7 Å². The summed E-state index contributed by atoms with van der Waals surface area (Å²) in [6.07, 6.45) is -0.504. The molecular formula is C5H11NO4. The van der Waals surface area contributed by atoms with Crippen LogP contribution in [0.3, 0.4) is 0 Å². The Morgan fingerprint density at radius 3 is 2.80 bits per heavy atom. The van der Waals surface area contributed by atoms with E-state index in [0.29, 0.717) is 0 Å². The molecule has 0 aliphatic carbocycles. The van der Waals surface area contributed by atoms with Gasteiger partial charge in [0.15, 0.2) is 0 Å². The second-order valence-electron chi connectivity index (χ2n) is 1.80. The Labute approximate surface area is 58.7 Å². The van der Waals surface area contributed by atoms with Gasteiger partial charge in [-0.3, -0.25) is 10.1 Å². The molecule has 0 aromatic rings. The fraction of sp³-hybridized carbons (Fsp3) is 0.800. The number of ether oxygens (including phenoxy) is 1. The van der Waals surface area contributed by atoms with Crippen LogP contribution in [-0.2, 0) is 14.4 Å². The third-order valence-electron chi connectivity index (χ3n) is 0.826. The number of carbonyl (C=O) groups excluding carboxylic acids is 1. The third kappa shape index (κ3) is 4.25. The normalized spacial score (nSPS) is 12.7. The smallest absolute Gasteiger partial charge is 0.319 e. The van der Waals surface area contributed by atoms with Crippen molar-refractivity contribution in [1.29, 1.82) is 0 Å². The van der Waals surface area contributed by atoms with Gasteiger partial charge in [0.1, 0.15) is 12.7 Å². The van der Waals surface area contributed by atoms with Crippen LogP contribution in [0.25, 0.3) is 0 Å². The van der Waals surface area contributed by atoms with Crippen LogP contribution < -0.4 is 5.73 Å². The molecule has 0 aliphatic rings. The molecule has 0 radical (unpaired) electrons. The minimum Gasteiger partial charge on any atom is -0.462 e. The van der Waals surface area contributed by atoms with E-state index in [1.807, 2.05) is 0 Å². The van der Waals surface area contributed by atoms with Gasteiger partial charge in [0.05, 0.1) is 6.54 Å². The monoisotopic (exact) mass is 149 g/mol. The van der Waals surface area contributed by atoms with E-state index in [9.17, 15) is 4.79 Å². The van der Waals surface area contributed by atoms with Gasteiger partial charge in [-0.25, -0.2) is 4.89 Å². The van der Waals surface area contributed by atoms with E-state index < -0.39 is 12.1 Å². The van der Waals surface area contributed by atoms with Crippen molar-refractivity contribution in [3.8, 4) is 0 Å². The summed E-state index contributed by atoms with van der Waals surface area (Å²) in [4.78, 5) is 14.2. The zero-order chi connectivity index (χ0) is 7.98. The maximum absolute atomic E-state index is 10.3. The van der Waals surface area contributed by atoms with E-state index in [1.165, 1.54) is 0 Å². The first-order valence-corrected chi connectivity index (χ1v) is 2.86. The summed E-state index contributed by atoms with van der Waals surface area (Å²) in [5, 5.41) is 8.00. The molecule has 0 bridgehead atoms. The highest BCUT2D eigenvalue weighted by molar-refractivity contribution is 5.71. The van der Waals surface area contributed by atoms with Gasteiger partial charge < -0.3 is 10.5 Å². The van der Waals surface area contributed by atoms with Crippen molar-refractivity contribution in [3.63, 3.8) is 0 Å². The van der Waals surface area contributed by atoms with Gasteiger partial charge in [-0.1, -0.05) is 0 Å². The first kappa shape index (κ1) is 9.35. The molecular weight excluding hydrogens is 138 g/mol.